The van der Waals surface area contributed by atoms with Crippen molar-refractivity contribution in [1.29, 1.82) is 0 Å². The molecule has 1 aliphatic rings. The number of carbonyl (C=O) groups excluding carboxylic acids is 2. The van der Waals surface area contributed by atoms with Crippen LogP contribution in [-0.4, -0.2) is 18.9 Å². The molecule has 21 heavy (non-hydrogen) atoms. The first-order chi connectivity index (χ1) is 10.1. The quantitative estimate of drug-likeness (QED) is 0.629. The van der Waals surface area contributed by atoms with E-state index in [-0.39, 0.29) is 11.4 Å². The van der Waals surface area contributed by atoms with Crippen LogP contribution >= 0.6 is 11.6 Å². The van der Waals surface area contributed by atoms with Crippen LogP contribution in [0.15, 0.2) is 54.1 Å². The number of halogens is 1. The van der Waals surface area contributed by atoms with Gasteiger partial charge in [0, 0.05) is 16.2 Å². The number of fused-ring (bicyclic) bond motifs is 1. The van der Waals surface area contributed by atoms with Crippen molar-refractivity contribution in [3.05, 3.63) is 75.8 Å². The maximum Gasteiger partial charge on any atom is 0.342 e. The van der Waals surface area contributed by atoms with Gasteiger partial charge in [0.1, 0.15) is 5.57 Å². The summed E-state index contributed by atoms with van der Waals surface area (Å²) in [4.78, 5) is 24.5. The topological polar surface area (TPSA) is 43.4 Å². The van der Waals surface area contributed by atoms with Crippen LogP contribution in [-0.2, 0) is 9.53 Å². The molecule has 0 N–H and O–H groups in total. The van der Waals surface area contributed by atoms with Crippen molar-refractivity contribution in [2.24, 2.45) is 0 Å². The molecule has 0 heterocycles. The highest BCUT2D eigenvalue weighted by Crippen LogP contribution is 2.39. The van der Waals surface area contributed by atoms with Gasteiger partial charge < -0.3 is 4.74 Å². The Labute approximate surface area is 126 Å². The fourth-order valence-electron chi connectivity index (χ4n) is 2.51. The molecule has 2 aromatic rings. The molecule has 2 aromatic carbocycles. The minimum atomic E-state index is -0.633. The molecule has 0 spiro atoms. The third kappa shape index (κ3) is 2.16. The lowest BCUT2D eigenvalue weighted by molar-refractivity contribution is -0.135. The fraction of sp³-hybridized carbons (Fsp3) is 0.0588. The number of rotatable bonds is 2. The lowest BCUT2D eigenvalue weighted by atomic mass is 9.97. The first-order valence-corrected chi connectivity index (χ1v) is 6.74. The molecule has 0 radical (unpaired) electrons. The van der Waals surface area contributed by atoms with Crippen molar-refractivity contribution in [1.82, 2.24) is 0 Å². The van der Waals surface area contributed by atoms with Crippen LogP contribution in [0.1, 0.15) is 21.5 Å². The van der Waals surface area contributed by atoms with E-state index in [2.05, 4.69) is 0 Å². The first-order valence-electron chi connectivity index (χ1n) is 6.36. The molecule has 0 bridgehead atoms. The summed E-state index contributed by atoms with van der Waals surface area (Å²) in [6, 6.07) is 14.3. The average molecular weight is 299 g/mol. The summed E-state index contributed by atoms with van der Waals surface area (Å²) < 4.78 is 4.77. The summed E-state index contributed by atoms with van der Waals surface area (Å²) >= 11 is 6.03. The molecule has 0 aliphatic heterocycles. The van der Waals surface area contributed by atoms with Crippen molar-refractivity contribution >= 4 is 28.9 Å². The Morgan fingerprint density at radius 2 is 1.76 bits per heavy atom. The van der Waals surface area contributed by atoms with Gasteiger partial charge in [-0.2, -0.15) is 0 Å². The maximum absolute atomic E-state index is 12.5. The van der Waals surface area contributed by atoms with E-state index < -0.39 is 5.97 Å². The fourth-order valence-corrected chi connectivity index (χ4v) is 2.68. The van der Waals surface area contributed by atoms with E-state index in [0.29, 0.717) is 21.7 Å². The molecule has 0 unspecified atom stereocenters. The lowest BCUT2D eigenvalue weighted by Crippen LogP contribution is -2.12. The monoisotopic (exact) mass is 298 g/mol. The molecule has 104 valence electrons. The summed E-state index contributed by atoms with van der Waals surface area (Å²) in [6.45, 7) is 0. The zero-order valence-electron chi connectivity index (χ0n) is 11.2. The normalized spacial score (nSPS) is 13.3. The van der Waals surface area contributed by atoms with Crippen molar-refractivity contribution in [3.8, 4) is 0 Å². The summed E-state index contributed by atoms with van der Waals surface area (Å²) in [6.07, 6.45) is 0. The highest BCUT2D eigenvalue weighted by atomic mass is 35.5. The Kier molecular flexibility index (Phi) is 3.35. The number of hydrogen-bond donors (Lipinski definition) is 0. The van der Waals surface area contributed by atoms with Gasteiger partial charge in [-0.15, -0.1) is 0 Å². The van der Waals surface area contributed by atoms with Gasteiger partial charge in [-0.3, -0.25) is 4.79 Å². The number of benzene rings is 2. The summed E-state index contributed by atoms with van der Waals surface area (Å²) in [5.74, 6) is -0.960. The van der Waals surface area contributed by atoms with E-state index in [4.69, 9.17) is 16.3 Å². The summed E-state index contributed by atoms with van der Waals surface area (Å²) in [5.41, 5.74) is 2.55. The number of methoxy groups -OCH3 is 1. The molecule has 0 aromatic heterocycles. The number of ketones is 1. The highest BCUT2D eigenvalue weighted by Gasteiger charge is 2.35. The smallest absolute Gasteiger partial charge is 0.342 e. The molecule has 3 rings (SSSR count). The van der Waals surface area contributed by atoms with Crippen LogP contribution in [0.3, 0.4) is 0 Å². The van der Waals surface area contributed by atoms with Crippen LogP contribution in [0.5, 0.6) is 0 Å². The van der Waals surface area contributed by atoms with Crippen molar-refractivity contribution in [3.63, 3.8) is 0 Å². The molecule has 0 atom stereocenters. The van der Waals surface area contributed by atoms with E-state index in [0.717, 1.165) is 5.56 Å². The minimum absolute atomic E-state index is 0.0565. The van der Waals surface area contributed by atoms with Crippen LogP contribution in [0.25, 0.3) is 5.57 Å². The van der Waals surface area contributed by atoms with E-state index in [1.807, 2.05) is 30.3 Å². The second kappa shape index (κ2) is 5.19. The van der Waals surface area contributed by atoms with Gasteiger partial charge in [0.2, 0.25) is 5.78 Å². The van der Waals surface area contributed by atoms with Gasteiger partial charge in [-0.25, -0.2) is 4.79 Å². The van der Waals surface area contributed by atoms with Gasteiger partial charge in [0.05, 0.1) is 7.11 Å². The number of Topliss-reactive ketones (excluding diaryl/α,β-unsaturated/α-hetero) is 1. The Bertz CT molecular complexity index is 776. The van der Waals surface area contributed by atoms with Gasteiger partial charge >= 0.3 is 5.97 Å². The predicted molar refractivity (Wildman–Crippen MR) is 80.3 cm³/mol. The number of carbonyl (C=O) groups is 2. The molecule has 0 amide bonds. The third-order valence-electron chi connectivity index (χ3n) is 3.42. The third-order valence-corrected chi connectivity index (χ3v) is 3.66. The Morgan fingerprint density at radius 3 is 2.43 bits per heavy atom. The van der Waals surface area contributed by atoms with E-state index >= 15 is 0 Å². The first kappa shape index (κ1) is 13.6. The van der Waals surface area contributed by atoms with E-state index in [1.165, 1.54) is 7.11 Å². The van der Waals surface area contributed by atoms with Crippen molar-refractivity contribution in [2.75, 3.05) is 7.11 Å². The molecular formula is C17H11ClO3. The molecular weight excluding hydrogens is 288 g/mol. The van der Waals surface area contributed by atoms with Gasteiger partial charge in [-0.05, 0) is 29.3 Å². The molecule has 4 heteroatoms. The standard InChI is InChI=1S/C17H11ClO3/c1-21-17(20)15-14(10-5-3-2-4-6-10)13-9-11(18)7-8-12(13)16(15)19/h2-9H,1H3. The Hall–Kier alpha value is -2.39. The molecule has 0 saturated carbocycles. The second-order valence-electron chi connectivity index (χ2n) is 4.63. The average Bonchev–Trinajstić information content (AvgIpc) is 2.79. The molecule has 3 nitrogen and oxygen atoms in total. The molecule has 0 fully saturated rings. The number of hydrogen-bond acceptors (Lipinski definition) is 3. The van der Waals surface area contributed by atoms with E-state index in [9.17, 15) is 9.59 Å². The number of ether oxygens (including phenoxy) is 1. The van der Waals surface area contributed by atoms with Gasteiger partial charge in [-0.1, -0.05) is 41.9 Å². The SMILES string of the molecule is COC(=O)C1=C(c2ccccc2)c2cc(Cl)ccc2C1=O. The van der Waals surface area contributed by atoms with Crippen LogP contribution in [0.4, 0.5) is 0 Å². The second-order valence-corrected chi connectivity index (χ2v) is 5.06. The summed E-state index contributed by atoms with van der Waals surface area (Å²) in [7, 11) is 1.27. The van der Waals surface area contributed by atoms with Crippen LogP contribution in [0, 0.1) is 0 Å². The van der Waals surface area contributed by atoms with Crippen molar-refractivity contribution in [2.45, 2.75) is 0 Å². The lowest BCUT2D eigenvalue weighted by Gasteiger charge is -2.07. The Balaban J connectivity index is 2.32. The van der Waals surface area contributed by atoms with Crippen molar-refractivity contribution < 1.29 is 14.3 Å². The Morgan fingerprint density at radius 1 is 1.05 bits per heavy atom. The minimum Gasteiger partial charge on any atom is -0.465 e. The number of esters is 1. The zero-order chi connectivity index (χ0) is 15.0. The highest BCUT2D eigenvalue weighted by molar-refractivity contribution is 6.36. The van der Waals surface area contributed by atoms with E-state index in [1.54, 1.807) is 18.2 Å². The maximum atomic E-state index is 12.5. The van der Waals surface area contributed by atoms with Crippen LogP contribution in [0.2, 0.25) is 5.02 Å². The van der Waals surface area contributed by atoms with Gasteiger partial charge in [0.25, 0.3) is 0 Å². The largest absolute Gasteiger partial charge is 0.465 e. The summed E-state index contributed by atoms with van der Waals surface area (Å²) in [5, 5.41) is 0.515. The molecule has 0 saturated heterocycles. The zero-order valence-corrected chi connectivity index (χ0v) is 12.0. The van der Waals surface area contributed by atoms with Crippen LogP contribution < -0.4 is 0 Å². The predicted octanol–water partition coefficient (Wildman–Crippen LogP) is 3.51. The molecule has 1 aliphatic carbocycles. The van der Waals surface area contributed by atoms with Gasteiger partial charge in [0.15, 0.2) is 0 Å².